The molecular weight excluding hydrogens is 225 g/mol. The molecule has 0 atom stereocenters. The normalized spacial score (nSPS) is 10.6. The maximum Gasteiger partial charge on any atom is 0.490 e. The summed E-state index contributed by atoms with van der Waals surface area (Å²) < 4.78 is 31.7. The Balaban J connectivity index is 0. The number of unbranched alkanes of at least 4 members (excludes halogenated alkanes) is 5. The van der Waals surface area contributed by atoms with Gasteiger partial charge in [0.05, 0.1) is 0 Å². The number of carbonyl (C=O) groups is 1. The maximum atomic E-state index is 10.6. The highest BCUT2D eigenvalue weighted by atomic mass is 19.4. The van der Waals surface area contributed by atoms with Crippen molar-refractivity contribution in [3.63, 3.8) is 0 Å². The number of halogens is 3. The predicted octanol–water partition coefficient (Wildman–Crippen LogP) is 2.97. The predicted molar refractivity (Wildman–Crippen MR) is 54.2 cm³/mol. The molecule has 2 N–H and O–H groups in total. The quantitative estimate of drug-likeness (QED) is 0.706. The first kappa shape index (κ1) is 17.6. The molecule has 0 bridgehead atoms. The van der Waals surface area contributed by atoms with Gasteiger partial charge in [0.1, 0.15) is 0 Å². The molecule has 3 nitrogen and oxygen atoms in total. The van der Waals surface area contributed by atoms with Crippen LogP contribution in [0.25, 0.3) is 0 Å². The molecule has 0 aromatic carbocycles. The Hall–Kier alpha value is -0.780. The van der Waals surface area contributed by atoms with Gasteiger partial charge in [0.25, 0.3) is 0 Å². The van der Waals surface area contributed by atoms with Crippen molar-refractivity contribution in [1.82, 2.24) is 0 Å². The van der Waals surface area contributed by atoms with Crippen molar-refractivity contribution < 1.29 is 28.2 Å². The SMILES string of the molecule is CCCCCCCCO.O=C(O)C(F)(F)F. The summed E-state index contributed by atoms with van der Waals surface area (Å²) in [5, 5.41) is 15.5. The average molecular weight is 244 g/mol. The van der Waals surface area contributed by atoms with Crippen LogP contribution in [0.3, 0.4) is 0 Å². The number of aliphatic hydroxyl groups is 1. The number of hydrogen-bond donors (Lipinski definition) is 2. The van der Waals surface area contributed by atoms with Gasteiger partial charge in [-0.05, 0) is 6.42 Å². The van der Waals surface area contributed by atoms with Crippen LogP contribution in [0.1, 0.15) is 45.4 Å². The molecule has 0 aromatic heterocycles. The van der Waals surface area contributed by atoms with E-state index in [4.69, 9.17) is 15.0 Å². The summed E-state index contributed by atoms with van der Waals surface area (Å²) in [4.78, 5) is 8.90. The van der Waals surface area contributed by atoms with Crippen molar-refractivity contribution in [3.8, 4) is 0 Å². The molecule has 0 saturated carbocycles. The van der Waals surface area contributed by atoms with Crippen molar-refractivity contribution in [1.29, 1.82) is 0 Å². The monoisotopic (exact) mass is 244 g/mol. The number of alkyl halides is 3. The third-order valence-corrected chi connectivity index (χ3v) is 1.75. The third kappa shape index (κ3) is 15.7. The van der Waals surface area contributed by atoms with Crippen LogP contribution in [-0.4, -0.2) is 29.0 Å². The number of aliphatic hydroxyl groups excluding tert-OH is 1. The fourth-order valence-electron chi connectivity index (χ4n) is 0.892. The molecule has 0 aromatic rings. The number of rotatable bonds is 6. The van der Waals surface area contributed by atoms with Gasteiger partial charge in [-0.1, -0.05) is 39.0 Å². The Bertz CT molecular complexity index is 163. The van der Waals surface area contributed by atoms with Gasteiger partial charge in [0.2, 0.25) is 0 Å². The summed E-state index contributed by atoms with van der Waals surface area (Å²) in [5.74, 6) is -2.76. The van der Waals surface area contributed by atoms with E-state index in [2.05, 4.69) is 6.92 Å². The Morgan fingerprint density at radius 2 is 1.44 bits per heavy atom. The van der Waals surface area contributed by atoms with Crippen molar-refractivity contribution in [2.24, 2.45) is 0 Å². The summed E-state index contributed by atoms with van der Waals surface area (Å²) in [6.07, 6.45) is 2.41. The lowest BCUT2D eigenvalue weighted by molar-refractivity contribution is -0.192. The number of hydrogen-bond acceptors (Lipinski definition) is 2. The van der Waals surface area contributed by atoms with Crippen LogP contribution in [0.2, 0.25) is 0 Å². The number of aliphatic carboxylic acids is 1. The van der Waals surface area contributed by atoms with E-state index in [1.54, 1.807) is 0 Å². The van der Waals surface area contributed by atoms with Crippen LogP contribution >= 0.6 is 0 Å². The van der Waals surface area contributed by atoms with Crippen LogP contribution in [-0.2, 0) is 4.79 Å². The van der Waals surface area contributed by atoms with E-state index in [9.17, 15) is 13.2 Å². The van der Waals surface area contributed by atoms with Gasteiger partial charge >= 0.3 is 12.1 Å². The molecule has 0 heterocycles. The lowest BCUT2D eigenvalue weighted by atomic mass is 10.1. The number of carboxylic acids is 1. The maximum absolute atomic E-state index is 10.6. The van der Waals surface area contributed by atoms with Gasteiger partial charge < -0.3 is 10.2 Å². The minimum Gasteiger partial charge on any atom is -0.475 e. The van der Waals surface area contributed by atoms with E-state index in [0.717, 1.165) is 6.42 Å². The van der Waals surface area contributed by atoms with Gasteiger partial charge in [-0.3, -0.25) is 0 Å². The molecule has 16 heavy (non-hydrogen) atoms. The first-order valence-electron chi connectivity index (χ1n) is 5.27. The zero-order chi connectivity index (χ0) is 13.0. The minimum atomic E-state index is -5.08. The smallest absolute Gasteiger partial charge is 0.475 e. The summed E-state index contributed by atoms with van der Waals surface area (Å²) in [6.45, 7) is 2.58. The molecule has 0 spiro atoms. The Morgan fingerprint density at radius 1 is 1.06 bits per heavy atom. The Labute approximate surface area is 93.3 Å². The lowest BCUT2D eigenvalue weighted by Gasteiger charge is -1.95. The fraction of sp³-hybridized carbons (Fsp3) is 0.900. The molecule has 0 aliphatic carbocycles. The van der Waals surface area contributed by atoms with E-state index in [1.165, 1.54) is 32.1 Å². The highest BCUT2D eigenvalue weighted by Crippen LogP contribution is 2.13. The van der Waals surface area contributed by atoms with Crippen LogP contribution in [0.5, 0.6) is 0 Å². The van der Waals surface area contributed by atoms with E-state index >= 15 is 0 Å². The molecule has 0 radical (unpaired) electrons. The first-order valence-corrected chi connectivity index (χ1v) is 5.27. The zero-order valence-corrected chi connectivity index (χ0v) is 9.39. The summed E-state index contributed by atoms with van der Waals surface area (Å²) in [5.41, 5.74) is 0. The molecule has 98 valence electrons. The van der Waals surface area contributed by atoms with Crippen molar-refractivity contribution in [2.75, 3.05) is 6.61 Å². The third-order valence-electron chi connectivity index (χ3n) is 1.75. The second-order valence-electron chi connectivity index (χ2n) is 3.29. The van der Waals surface area contributed by atoms with E-state index in [0.29, 0.717) is 6.61 Å². The van der Waals surface area contributed by atoms with E-state index < -0.39 is 12.1 Å². The molecule has 6 heteroatoms. The highest BCUT2D eigenvalue weighted by Gasteiger charge is 2.38. The average Bonchev–Trinajstić information content (AvgIpc) is 2.17. The summed E-state index contributed by atoms with van der Waals surface area (Å²) >= 11 is 0. The standard InChI is InChI=1S/C8H18O.C2HF3O2/c1-2-3-4-5-6-7-8-9;3-2(4,5)1(6)7/h9H,2-8H2,1H3;(H,6,7). The van der Waals surface area contributed by atoms with Crippen LogP contribution in [0.4, 0.5) is 13.2 Å². The Kier molecular flexibility index (Phi) is 11.8. The first-order chi connectivity index (χ1) is 7.36. The van der Waals surface area contributed by atoms with Crippen LogP contribution in [0.15, 0.2) is 0 Å². The minimum absolute atomic E-state index is 0.367. The van der Waals surface area contributed by atoms with Gasteiger partial charge in [0, 0.05) is 6.61 Å². The number of carboxylic acid groups (broad SMARTS) is 1. The van der Waals surface area contributed by atoms with Crippen LogP contribution < -0.4 is 0 Å². The van der Waals surface area contributed by atoms with Crippen molar-refractivity contribution in [2.45, 2.75) is 51.6 Å². The van der Waals surface area contributed by atoms with Gasteiger partial charge in [-0.25, -0.2) is 4.79 Å². The van der Waals surface area contributed by atoms with Crippen molar-refractivity contribution in [3.05, 3.63) is 0 Å². The molecule has 0 fully saturated rings. The lowest BCUT2D eigenvalue weighted by Crippen LogP contribution is -2.21. The topological polar surface area (TPSA) is 57.5 Å². The molecule has 0 amide bonds. The molecule has 0 aliphatic rings. The Morgan fingerprint density at radius 3 is 1.75 bits per heavy atom. The molecule has 0 aliphatic heterocycles. The second kappa shape index (κ2) is 10.7. The highest BCUT2D eigenvalue weighted by molar-refractivity contribution is 5.73. The van der Waals surface area contributed by atoms with Gasteiger partial charge in [0.15, 0.2) is 0 Å². The second-order valence-corrected chi connectivity index (χ2v) is 3.29. The van der Waals surface area contributed by atoms with Gasteiger partial charge in [-0.15, -0.1) is 0 Å². The van der Waals surface area contributed by atoms with Gasteiger partial charge in [-0.2, -0.15) is 13.2 Å². The van der Waals surface area contributed by atoms with E-state index in [-0.39, 0.29) is 0 Å². The fourth-order valence-corrected chi connectivity index (χ4v) is 0.892. The molecular formula is C10H19F3O3. The molecule has 0 unspecified atom stereocenters. The molecule has 0 rings (SSSR count). The van der Waals surface area contributed by atoms with Crippen molar-refractivity contribution >= 4 is 5.97 Å². The summed E-state index contributed by atoms with van der Waals surface area (Å²) in [7, 11) is 0. The molecule has 0 saturated heterocycles. The largest absolute Gasteiger partial charge is 0.490 e. The van der Waals surface area contributed by atoms with Crippen LogP contribution in [0, 0.1) is 0 Å². The summed E-state index contributed by atoms with van der Waals surface area (Å²) in [6, 6.07) is 0. The van der Waals surface area contributed by atoms with E-state index in [1.807, 2.05) is 0 Å². The zero-order valence-electron chi connectivity index (χ0n) is 9.39.